The first-order valence-corrected chi connectivity index (χ1v) is 7.82. The van der Waals surface area contributed by atoms with Gasteiger partial charge in [0, 0.05) is 18.5 Å². The Morgan fingerprint density at radius 2 is 1.86 bits per heavy atom. The molecular formula is C15H25N3O4. The quantitative estimate of drug-likeness (QED) is 0.671. The Morgan fingerprint density at radius 3 is 2.50 bits per heavy atom. The van der Waals surface area contributed by atoms with Gasteiger partial charge in [-0.15, -0.1) is 0 Å². The predicted octanol–water partition coefficient (Wildman–Crippen LogP) is 0.827. The SMILES string of the molecule is CC(C)(C)OC(=O)NC1CCC(NC2CCC(=O)NC2=O)C1. The molecule has 3 N–H and O–H groups in total. The molecule has 3 atom stereocenters. The number of hydrogen-bond donors (Lipinski definition) is 3. The standard InChI is InChI=1S/C15H25N3O4/c1-15(2,3)22-14(21)17-10-5-4-9(8-10)16-11-6-7-12(19)18-13(11)20/h9-11,16H,4-8H2,1-3H3,(H,17,21)(H,18,19,20). The molecule has 7 nitrogen and oxygen atoms in total. The minimum absolute atomic E-state index is 0.0561. The van der Waals surface area contributed by atoms with Crippen molar-refractivity contribution in [2.24, 2.45) is 0 Å². The van der Waals surface area contributed by atoms with Gasteiger partial charge in [0.25, 0.3) is 0 Å². The Hall–Kier alpha value is -1.63. The first-order valence-electron chi connectivity index (χ1n) is 7.82. The number of hydrogen-bond acceptors (Lipinski definition) is 5. The van der Waals surface area contributed by atoms with Crippen LogP contribution in [0.2, 0.25) is 0 Å². The highest BCUT2D eigenvalue weighted by Gasteiger charge is 2.32. The predicted molar refractivity (Wildman–Crippen MR) is 80.1 cm³/mol. The molecule has 1 saturated heterocycles. The van der Waals surface area contributed by atoms with Crippen LogP contribution in [-0.4, -0.2) is 41.6 Å². The van der Waals surface area contributed by atoms with Gasteiger partial charge in [-0.1, -0.05) is 0 Å². The van der Waals surface area contributed by atoms with Gasteiger partial charge >= 0.3 is 6.09 Å². The smallest absolute Gasteiger partial charge is 0.407 e. The minimum atomic E-state index is -0.507. The molecule has 1 saturated carbocycles. The van der Waals surface area contributed by atoms with Crippen LogP contribution in [0.4, 0.5) is 4.79 Å². The van der Waals surface area contributed by atoms with Crippen LogP contribution in [0, 0.1) is 0 Å². The summed E-state index contributed by atoms with van der Waals surface area (Å²) in [6.45, 7) is 5.48. The lowest BCUT2D eigenvalue weighted by molar-refractivity contribution is -0.134. The van der Waals surface area contributed by atoms with Crippen molar-refractivity contribution in [1.82, 2.24) is 16.0 Å². The number of amides is 3. The molecule has 0 aromatic rings. The molecule has 2 fully saturated rings. The van der Waals surface area contributed by atoms with E-state index in [1.807, 2.05) is 20.8 Å². The Labute approximate surface area is 130 Å². The Bertz CT molecular complexity index is 458. The average Bonchev–Trinajstić information content (AvgIpc) is 2.77. The number of carbonyl (C=O) groups is 3. The van der Waals surface area contributed by atoms with E-state index in [4.69, 9.17) is 4.74 Å². The zero-order chi connectivity index (χ0) is 16.3. The number of piperidine rings is 1. The Kier molecular flexibility index (Phi) is 5.05. The maximum atomic E-state index is 11.7. The summed E-state index contributed by atoms with van der Waals surface area (Å²) in [5.41, 5.74) is -0.507. The number of rotatable bonds is 3. The molecule has 0 spiro atoms. The van der Waals surface area contributed by atoms with Crippen molar-refractivity contribution in [1.29, 1.82) is 0 Å². The molecule has 3 unspecified atom stereocenters. The normalized spacial score (nSPS) is 29.1. The van der Waals surface area contributed by atoms with Crippen LogP contribution >= 0.6 is 0 Å². The molecule has 22 heavy (non-hydrogen) atoms. The fraction of sp³-hybridized carbons (Fsp3) is 0.800. The first kappa shape index (κ1) is 16.7. The molecule has 2 rings (SSSR count). The van der Waals surface area contributed by atoms with Crippen molar-refractivity contribution in [2.45, 2.75) is 76.6 Å². The Morgan fingerprint density at radius 1 is 1.18 bits per heavy atom. The Balaban J connectivity index is 1.75. The van der Waals surface area contributed by atoms with Crippen molar-refractivity contribution in [3.63, 3.8) is 0 Å². The third-order valence-electron chi connectivity index (χ3n) is 3.83. The molecule has 0 aromatic heterocycles. The number of alkyl carbamates (subject to hydrolysis) is 1. The molecule has 0 aromatic carbocycles. The van der Waals surface area contributed by atoms with E-state index in [9.17, 15) is 14.4 Å². The van der Waals surface area contributed by atoms with E-state index in [1.165, 1.54) is 0 Å². The van der Waals surface area contributed by atoms with Gasteiger partial charge in [-0.25, -0.2) is 4.79 Å². The number of nitrogens with one attached hydrogen (secondary N) is 3. The maximum absolute atomic E-state index is 11.7. The number of ether oxygens (including phenoxy) is 1. The summed E-state index contributed by atoms with van der Waals surface area (Å²) in [6.07, 6.45) is 3.00. The third kappa shape index (κ3) is 4.98. The van der Waals surface area contributed by atoms with Crippen molar-refractivity contribution in [3.8, 4) is 0 Å². The van der Waals surface area contributed by atoms with E-state index < -0.39 is 11.7 Å². The lowest BCUT2D eigenvalue weighted by Crippen LogP contribution is -2.53. The van der Waals surface area contributed by atoms with Crippen LogP contribution in [0.15, 0.2) is 0 Å². The summed E-state index contributed by atoms with van der Waals surface area (Å²) in [5, 5.41) is 8.49. The van der Waals surface area contributed by atoms with Gasteiger partial charge in [0.1, 0.15) is 5.60 Å². The van der Waals surface area contributed by atoms with Crippen molar-refractivity contribution >= 4 is 17.9 Å². The molecule has 1 heterocycles. The highest BCUT2D eigenvalue weighted by molar-refractivity contribution is 6.00. The number of imide groups is 1. The van der Waals surface area contributed by atoms with Gasteiger partial charge in [-0.05, 0) is 46.5 Å². The highest BCUT2D eigenvalue weighted by Crippen LogP contribution is 2.21. The minimum Gasteiger partial charge on any atom is -0.444 e. The average molecular weight is 311 g/mol. The van der Waals surface area contributed by atoms with E-state index in [-0.39, 0.29) is 29.9 Å². The van der Waals surface area contributed by atoms with Crippen molar-refractivity contribution in [3.05, 3.63) is 0 Å². The maximum Gasteiger partial charge on any atom is 0.407 e. The lowest BCUT2D eigenvalue weighted by Gasteiger charge is -2.25. The number of carbonyl (C=O) groups excluding carboxylic acids is 3. The molecular weight excluding hydrogens is 286 g/mol. The zero-order valence-corrected chi connectivity index (χ0v) is 13.4. The van der Waals surface area contributed by atoms with Crippen molar-refractivity contribution < 1.29 is 19.1 Å². The molecule has 3 amide bonds. The van der Waals surface area contributed by atoms with Crippen LogP contribution in [0.25, 0.3) is 0 Å². The first-order chi connectivity index (χ1) is 10.2. The van der Waals surface area contributed by atoms with E-state index >= 15 is 0 Å². The summed E-state index contributed by atoms with van der Waals surface area (Å²) < 4.78 is 5.24. The molecule has 2 aliphatic rings. The second kappa shape index (κ2) is 6.64. The second-order valence-corrected chi connectivity index (χ2v) is 7.02. The molecule has 1 aliphatic heterocycles. The van der Waals surface area contributed by atoms with Crippen LogP contribution in [0.1, 0.15) is 52.9 Å². The van der Waals surface area contributed by atoms with Gasteiger partial charge in [0.15, 0.2) is 0 Å². The van der Waals surface area contributed by atoms with Crippen LogP contribution in [-0.2, 0) is 14.3 Å². The van der Waals surface area contributed by atoms with E-state index in [2.05, 4.69) is 16.0 Å². The molecule has 0 bridgehead atoms. The highest BCUT2D eigenvalue weighted by atomic mass is 16.6. The fourth-order valence-electron chi connectivity index (χ4n) is 2.88. The lowest BCUT2D eigenvalue weighted by atomic mass is 10.0. The second-order valence-electron chi connectivity index (χ2n) is 7.02. The molecule has 0 radical (unpaired) electrons. The summed E-state index contributed by atoms with van der Waals surface area (Å²) in [7, 11) is 0. The molecule has 124 valence electrons. The van der Waals surface area contributed by atoms with Gasteiger partial charge in [-0.3, -0.25) is 14.9 Å². The van der Waals surface area contributed by atoms with Crippen LogP contribution in [0.5, 0.6) is 0 Å². The van der Waals surface area contributed by atoms with E-state index in [0.29, 0.717) is 12.8 Å². The van der Waals surface area contributed by atoms with Gasteiger partial charge in [0.05, 0.1) is 6.04 Å². The largest absolute Gasteiger partial charge is 0.444 e. The monoisotopic (exact) mass is 311 g/mol. The molecule has 7 heteroatoms. The zero-order valence-electron chi connectivity index (χ0n) is 13.4. The van der Waals surface area contributed by atoms with Gasteiger partial charge in [0.2, 0.25) is 11.8 Å². The van der Waals surface area contributed by atoms with Gasteiger partial charge in [-0.2, -0.15) is 0 Å². The topological polar surface area (TPSA) is 96.5 Å². The van der Waals surface area contributed by atoms with Gasteiger partial charge < -0.3 is 15.4 Å². The third-order valence-corrected chi connectivity index (χ3v) is 3.83. The molecule has 1 aliphatic carbocycles. The van der Waals surface area contributed by atoms with Crippen LogP contribution < -0.4 is 16.0 Å². The van der Waals surface area contributed by atoms with E-state index in [1.54, 1.807) is 0 Å². The summed E-state index contributed by atoms with van der Waals surface area (Å²) in [6, 6.07) is -0.0903. The van der Waals surface area contributed by atoms with Crippen molar-refractivity contribution in [2.75, 3.05) is 0 Å². The summed E-state index contributed by atoms with van der Waals surface area (Å²) in [5.74, 6) is -0.459. The van der Waals surface area contributed by atoms with Crippen LogP contribution in [0.3, 0.4) is 0 Å². The fourth-order valence-corrected chi connectivity index (χ4v) is 2.88. The van der Waals surface area contributed by atoms with E-state index in [0.717, 1.165) is 19.3 Å². The summed E-state index contributed by atoms with van der Waals surface area (Å²) >= 11 is 0. The summed E-state index contributed by atoms with van der Waals surface area (Å²) in [4.78, 5) is 34.6.